The lowest BCUT2D eigenvalue weighted by atomic mass is 9.84. The summed E-state index contributed by atoms with van der Waals surface area (Å²) in [5, 5.41) is 9.33. The van der Waals surface area contributed by atoms with E-state index in [1.54, 1.807) is 55.5 Å². The number of halogens is 2. The Hall–Kier alpha value is -4.41. The number of aryl methyl sites for hydroxylation is 1. The van der Waals surface area contributed by atoms with Crippen molar-refractivity contribution in [3.63, 3.8) is 0 Å². The van der Waals surface area contributed by atoms with Gasteiger partial charge in [-0.15, -0.1) is 10.2 Å². The van der Waals surface area contributed by atoms with E-state index >= 15 is 0 Å². The van der Waals surface area contributed by atoms with Gasteiger partial charge in [0.25, 0.3) is 11.8 Å². The zero-order valence-electron chi connectivity index (χ0n) is 20.1. The highest BCUT2D eigenvalue weighted by atomic mass is 35.5. The van der Waals surface area contributed by atoms with Crippen LogP contribution >= 0.6 is 22.9 Å². The summed E-state index contributed by atoms with van der Waals surface area (Å²) in [6.07, 6.45) is 0. The Balaban J connectivity index is 1.57. The monoisotopic (exact) mass is 558 g/mol. The van der Waals surface area contributed by atoms with Crippen LogP contribution in [0.1, 0.15) is 32.3 Å². The Kier molecular flexibility index (Phi) is 5.04. The van der Waals surface area contributed by atoms with Crippen molar-refractivity contribution in [3.8, 4) is 0 Å². The maximum absolute atomic E-state index is 14.7. The third-order valence-electron chi connectivity index (χ3n) is 7.08. The number of hydrogen-bond acceptors (Lipinski definition) is 7. The third-order valence-corrected chi connectivity index (χ3v) is 8.14. The van der Waals surface area contributed by atoms with Gasteiger partial charge < -0.3 is 9.32 Å². The number of amides is 2. The maximum Gasteiger partial charge on any atom is 0.297 e. The van der Waals surface area contributed by atoms with Crippen molar-refractivity contribution in [3.05, 3.63) is 115 Å². The molecule has 0 saturated heterocycles. The van der Waals surface area contributed by atoms with Gasteiger partial charge >= 0.3 is 0 Å². The Morgan fingerprint density at radius 3 is 2.56 bits per heavy atom. The second-order valence-corrected chi connectivity index (χ2v) is 10.8. The first kappa shape index (κ1) is 23.7. The summed E-state index contributed by atoms with van der Waals surface area (Å²) in [7, 11) is 0. The van der Waals surface area contributed by atoms with Gasteiger partial charge in [-0.2, -0.15) is 0 Å². The predicted octanol–water partition coefficient (Wildman–Crippen LogP) is 5.20. The minimum absolute atomic E-state index is 0.123. The normalized spacial score (nSPS) is 17.9. The molecule has 2 amide bonds. The number of fused-ring (bicyclic) bond motifs is 5. The Morgan fingerprint density at radius 2 is 1.79 bits per heavy atom. The molecule has 2 aliphatic rings. The molecule has 4 heterocycles. The number of aromatic nitrogens is 2. The molecule has 5 aromatic rings. The van der Waals surface area contributed by atoms with E-state index in [1.165, 1.54) is 28.0 Å². The molecule has 0 aliphatic carbocycles. The van der Waals surface area contributed by atoms with Gasteiger partial charge in [-0.1, -0.05) is 59.3 Å². The predicted molar refractivity (Wildman–Crippen MR) is 144 cm³/mol. The van der Waals surface area contributed by atoms with Crippen LogP contribution in [0.5, 0.6) is 0 Å². The lowest BCUT2D eigenvalue weighted by Gasteiger charge is -2.32. The number of rotatable bonds is 3. The van der Waals surface area contributed by atoms with Gasteiger partial charge in [0, 0.05) is 16.1 Å². The van der Waals surface area contributed by atoms with E-state index in [0.29, 0.717) is 21.3 Å². The van der Waals surface area contributed by atoms with E-state index in [4.69, 9.17) is 16.0 Å². The Bertz CT molecular complexity index is 1940. The summed E-state index contributed by atoms with van der Waals surface area (Å²) in [5.41, 5.74) is -1.41. The van der Waals surface area contributed by atoms with Crippen LogP contribution in [0.3, 0.4) is 0 Å². The second-order valence-electron chi connectivity index (χ2n) is 9.23. The van der Waals surface area contributed by atoms with Gasteiger partial charge in [0.2, 0.25) is 10.9 Å². The van der Waals surface area contributed by atoms with Gasteiger partial charge in [0.05, 0.1) is 23.2 Å². The van der Waals surface area contributed by atoms with Gasteiger partial charge in [0.1, 0.15) is 16.4 Å². The topological polar surface area (TPSA) is 96.6 Å². The van der Waals surface area contributed by atoms with Crippen LogP contribution in [0.4, 0.5) is 15.2 Å². The van der Waals surface area contributed by atoms with Crippen LogP contribution in [0.2, 0.25) is 5.02 Å². The molecule has 11 heteroatoms. The molecule has 0 bridgehead atoms. The lowest BCUT2D eigenvalue weighted by Crippen LogP contribution is -2.53. The van der Waals surface area contributed by atoms with Crippen molar-refractivity contribution in [2.45, 2.75) is 19.0 Å². The van der Waals surface area contributed by atoms with Crippen LogP contribution in [-0.4, -0.2) is 22.0 Å². The first-order chi connectivity index (χ1) is 18.8. The van der Waals surface area contributed by atoms with Crippen molar-refractivity contribution in [2.24, 2.45) is 0 Å². The summed E-state index contributed by atoms with van der Waals surface area (Å²) < 4.78 is 20.7. The van der Waals surface area contributed by atoms with Crippen LogP contribution < -0.4 is 15.2 Å². The molecule has 1 spiro atoms. The fourth-order valence-electron chi connectivity index (χ4n) is 5.47. The molecule has 1 unspecified atom stereocenters. The average Bonchev–Trinajstić information content (AvgIpc) is 3.54. The lowest BCUT2D eigenvalue weighted by molar-refractivity contribution is -0.121. The average molecular weight is 559 g/mol. The summed E-state index contributed by atoms with van der Waals surface area (Å²) >= 11 is 7.31. The minimum atomic E-state index is -1.95. The molecule has 2 aromatic heterocycles. The Morgan fingerprint density at radius 1 is 1.03 bits per heavy atom. The van der Waals surface area contributed by atoms with E-state index in [9.17, 15) is 18.8 Å². The molecule has 0 N–H and O–H groups in total. The largest absolute Gasteiger partial charge is 0.450 e. The quantitative estimate of drug-likeness (QED) is 0.302. The second kappa shape index (κ2) is 8.29. The molecule has 7 rings (SSSR count). The first-order valence-corrected chi connectivity index (χ1v) is 13.1. The van der Waals surface area contributed by atoms with E-state index in [-0.39, 0.29) is 39.5 Å². The van der Waals surface area contributed by atoms with E-state index in [2.05, 4.69) is 10.2 Å². The molecule has 0 saturated carbocycles. The molecule has 1 atom stereocenters. The SMILES string of the molecule is Cc1nnc(N2C(=O)c3oc4ccc(Cl)cc4c(=O)c3C23C(=O)N(Cc2ccccc2F)c2ccccc23)s1. The summed E-state index contributed by atoms with van der Waals surface area (Å²) in [5.74, 6) is -2.06. The highest BCUT2D eigenvalue weighted by Crippen LogP contribution is 2.54. The number of nitrogens with zero attached hydrogens (tertiary/aromatic N) is 4. The zero-order chi connectivity index (χ0) is 27.1. The fraction of sp³-hybridized carbons (Fsp3) is 0.107. The van der Waals surface area contributed by atoms with Crippen molar-refractivity contribution < 1.29 is 18.4 Å². The van der Waals surface area contributed by atoms with Crippen molar-refractivity contribution >= 4 is 56.5 Å². The number of benzene rings is 3. The smallest absolute Gasteiger partial charge is 0.297 e. The summed E-state index contributed by atoms with van der Waals surface area (Å²) in [6.45, 7) is 1.59. The van der Waals surface area contributed by atoms with E-state index < -0.39 is 28.6 Å². The van der Waals surface area contributed by atoms with E-state index in [0.717, 1.165) is 11.3 Å². The molecular weight excluding hydrogens is 543 g/mol. The minimum Gasteiger partial charge on any atom is -0.450 e. The zero-order valence-corrected chi connectivity index (χ0v) is 21.7. The maximum atomic E-state index is 14.7. The Labute approximate surface area is 228 Å². The molecule has 0 radical (unpaired) electrons. The van der Waals surface area contributed by atoms with Crippen LogP contribution in [0.15, 0.2) is 75.9 Å². The van der Waals surface area contributed by atoms with Gasteiger partial charge in [-0.05, 0) is 37.3 Å². The molecule has 2 aliphatic heterocycles. The van der Waals surface area contributed by atoms with Crippen LogP contribution in [0.25, 0.3) is 11.0 Å². The fourth-order valence-corrected chi connectivity index (χ4v) is 6.38. The first-order valence-electron chi connectivity index (χ1n) is 11.9. The highest BCUT2D eigenvalue weighted by molar-refractivity contribution is 7.15. The summed E-state index contributed by atoms with van der Waals surface area (Å²) in [4.78, 5) is 45.5. The van der Waals surface area contributed by atoms with Crippen LogP contribution in [0, 0.1) is 12.7 Å². The number of anilines is 2. The molecule has 192 valence electrons. The van der Waals surface area contributed by atoms with Gasteiger partial charge in [0.15, 0.2) is 11.0 Å². The van der Waals surface area contributed by atoms with Gasteiger partial charge in [-0.25, -0.2) is 4.39 Å². The number of carbonyl (C=O) groups is 2. The van der Waals surface area contributed by atoms with Crippen molar-refractivity contribution in [1.29, 1.82) is 0 Å². The third kappa shape index (κ3) is 3.12. The van der Waals surface area contributed by atoms with Gasteiger partial charge in [-0.3, -0.25) is 19.3 Å². The molecule has 0 fully saturated rings. The number of para-hydroxylation sites is 1. The number of carbonyl (C=O) groups excluding carboxylic acids is 2. The van der Waals surface area contributed by atoms with E-state index in [1.807, 2.05) is 0 Å². The van der Waals surface area contributed by atoms with Crippen LogP contribution in [-0.2, 0) is 16.9 Å². The molecule has 3 aromatic carbocycles. The molecule has 39 heavy (non-hydrogen) atoms. The molecular formula is C28H16ClFN4O4S. The van der Waals surface area contributed by atoms with Crippen molar-refractivity contribution in [1.82, 2.24) is 10.2 Å². The highest BCUT2D eigenvalue weighted by Gasteiger charge is 2.66. The van der Waals surface area contributed by atoms with Crippen molar-refractivity contribution in [2.75, 3.05) is 9.80 Å². The molecule has 8 nitrogen and oxygen atoms in total. The number of hydrogen-bond donors (Lipinski definition) is 0. The summed E-state index contributed by atoms with van der Waals surface area (Å²) in [6, 6.07) is 17.5. The standard InChI is InChI=1S/C28H16ClFN4O4S/c1-14-31-32-27(39-14)34-25(36)24-22(23(35)17-12-16(29)10-11-21(17)38-24)28(34)18-7-3-5-9-20(18)33(26(28)37)13-15-6-2-4-8-19(15)30/h2-12H,13H2,1H3.